The Morgan fingerprint density at radius 2 is 2.08 bits per heavy atom. The molecule has 0 aliphatic rings. The van der Waals surface area contributed by atoms with Gasteiger partial charge in [-0.25, -0.2) is 0 Å². The van der Waals surface area contributed by atoms with Crippen molar-refractivity contribution >= 4 is 16.1 Å². The number of aliphatic carboxylic acids is 1. The van der Waals surface area contributed by atoms with Crippen LogP contribution in [-0.2, 0) is 14.9 Å². The third-order valence-corrected chi connectivity index (χ3v) is 2.45. The molecule has 6 nitrogen and oxygen atoms in total. The summed E-state index contributed by atoms with van der Waals surface area (Å²) in [6.45, 7) is 0.219. The highest BCUT2D eigenvalue weighted by Gasteiger charge is 2.29. The van der Waals surface area contributed by atoms with Gasteiger partial charge in [0.15, 0.2) is 5.25 Å². The Morgan fingerprint density at radius 1 is 1.58 bits per heavy atom. The quantitative estimate of drug-likeness (QED) is 0.485. The number of hydrogen-bond acceptors (Lipinski definition) is 4. The summed E-state index contributed by atoms with van der Waals surface area (Å²) < 4.78 is 29.3. The molecule has 1 unspecified atom stereocenters. The molecule has 12 heavy (non-hydrogen) atoms. The van der Waals surface area contributed by atoms with Crippen molar-refractivity contribution in [2.24, 2.45) is 0 Å². The van der Waals surface area contributed by atoms with Crippen LogP contribution in [0.5, 0.6) is 0 Å². The van der Waals surface area contributed by atoms with Crippen molar-refractivity contribution in [1.29, 1.82) is 0 Å². The third kappa shape index (κ3) is 3.65. The SMILES string of the molecule is CNCCC(C(=O)O)S(=O)(=O)O. The van der Waals surface area contributed by atoms with Crippen LogP contribution in [0.25, 0.3) is 0 Å². The Kier molecular flexibility index (Phi) is 4.15. The molecule has 0 aliphatic carbocycles. The standard InChI is InChI=1S/C5H11NO5S/c1-6-3-2-4(5(7)8)12(9,10)11/h4,6H,2-3H2,1H3,(H,7,8)(H,9,10,11). The Hall–Kier alpha value is -0.660. The highest BCUT2D eigenvalue weighted by Crippen LogP contribution is 2.03. The van der Waals surface area contributed by atoms with Crippen LogP contribution in [0.1, 0.15) is 6.42 Å². The molecule has 0 bridgehead atoms. The topological polar surface area (TPSA) is 104 Å². The molecular weight excluding hydrogens is 186 g/mol. The summed E-state index contributed by atoms with van der Waals surface area (Å²) in [5.74, 6) is -1.53. The minimum atomic E-state index is -4.48. The molecule has 72 valence electrons. The van der Waals surface area contributed by atoms with Gasteiger partial charge in [0, 0.05) is 0 Å². The van der Waals surface area contributed by atoms with Crippen LogP contribution in [0.15, 0.2) is 0 Å². The smallest absolute Gasteiger partial charge is 0.324 e. The fourth-order valence-corrected chi connectivity index (χ4v) is 1.35. The average Bonchev–Trinajstić information content (AvgIpc) is 1.84. The van der Waals surface area contributed by atoms with Gasteiger partial charge in [0.05, 0.1) is 0 Å². The van der Waals surface area contributed by atoms with E-state index in [1.54, 1.807) is 7.05 Å². The minimum Gasteiger partial charge on any atom is -0.480 e. The Bertz CT molecular complexity index is 247. The van der Waals surface area contributed by atoms with Gasteiger partial charge in [0.25, 0.3) is 10.1 Å². The fraction of sp³-hybridized carbons (Fsp3) is 0.800. The van der Waals surface area contributed by atoms with Gasteiger partial charge < -0.3 is 10.4 Å². The molecule has 0 heterocycles. The maximum absolute atomic E-state index is 10.4. The number of carboxylic acids is 1. The predicted molar refractivity (Wildman–Crippen MR) is 41.5 cm³/mol. The van der Waals surface area contributed by atoms with E-state index in [0.717, 1.165) is 0 Å². The number of carbonyl (C=O) groups is 1. The normalized spacial score (nSPS) is 14.2. The van der Waals surface area contributed by atoms with Crippen molar-refractivity contribution < 1.29 is 22.9 Å². The molecule has 0 aromatic carbocycles. The molecule has 0 aliphatic heterocycles. The predicted octanol–water partition coefficient (Wildman–Crippen LogP) is -1.06. The summed E-state index contributed by atoms with van der Waals surface area (Å²) in [6, 6.07) is 0. The van der Waals surface area contributed by atoms with Crippen molar-refractivity contribution in [3.63, 3.8) is 0 Å². The number of hydrogen-bond donors (Lipinski definition) is 3. The minimum absolute atomic E-state index is 0.148. The second-order valence-corrected chi connectivity index (χ2v) is 3.83. The molecule has 0 saturated carbocycles. The molecule has 7 heteroatoms. The zero-order valence-corrected chi connectivity index (χ0v) is 7.34. The van der Waals surface area contributed by atoms with Crippen LogP contribution < -0.4 is 5.32 Å². The maximum atomic E-state index is 10.4. The van der Waals surface area contributed by atoms with Crippen LogP contribution in [-0.4, -0.2) is 42.9 Å². The number of carboxylic acid groups (broad SMARTS) is 1. The summed E-state index contributed by atoms with van der Waals surface area (Å²) in [7, 11) is -2.92. The van der Waals surface area contributed by atoms with Gasteiger partial charge in [-0.1, -0.05) is 0 Å². The average molecular weight is 197 g/mol. The summed E-state index contributed by atoms with van der Waals surface area (Å²) >= 11 is 0. The lowest BCUT2D eigenvalue weighted by Crippen LogP contribution is -2.32. The van der Waals surface area contributed by atoms with Crippen molar-refractivity contribution in [1.82, 2.24) is 5.32 Å². The molecule has 0 radical (unpaired) electrons. The molecule has 0 rings (SSSR count). The van der Waals surface area contributed by atoms with E-state index in [2.05, 4.69) is 5.32 Å². The van der Waals surface area contributed by atoms with Crippen LogP contribution >= 0.6 is 0 Å². The van der Waals surface area contributed by atoms with E-state index in [9.17, 15) is 13.2 Å². The molecule has 3 N–H and O–H groups in total. The largest absolute Gasteiger partial charge is 0.480 e. The van der Waals surface area contributed by atoms with Crippen LogP contribution in [0, 0.1) is 0 Å². The van der Waals surface area contributed by atoms with Crippen molar-refractivity contribution in [3.8, 4) is 0 Å². The molecule has 0 saturated heterocycles. The second kappa shape index (κ2) is 4.39. The third-order valence-electron chi connectivity index (χ3n) is 1.29. The van der Waals surface area contributed by atoms with E-state index in [0.29, 0.717) is 0 Å². The van der Waals surface area contributed by atoms with E-state index in [-0.39, 0.29) is 13.0 Å². The first kappa shape index (κ1) is 11.3. The highest BCUT2D eigenvalue weighted by atomic mass is 32.2. The van der Waals surface area contributed by atoms with Gasteiger partial charge in [-0.05, 0) is 20.0 Å². The van der Waals surface area contributed by atoms with Gasteiger partial charge in [-0.2, -0.15) is 8.42 Å². The van der Waals surface area contributed by atoms with Crippen molar-refractivity contribution in [2.75, 3.05) is 13.6 Å². The lowest BCUT2D eigenvalue weighted by Gasteiger charge is -2.07. The van der Waals surface area contributed by atoms with E-state index in [1.165, 1.54) is 0 Å². The van der Waals surface area contributed by atoms with Crippen molar-refractivity contribution in [2.45, 2.75) is 11.7 Å². The zero-order chi connectivity index (χ0) is 9.78. The Morgan fingerprint density at radius 3 is 2.33 bits per heavy atom. The molecule has 0 aromatic heterocycles. The van der Waals surface area contributed by atoms with E-state index < -0.39 is 21.3 Å². The van der Waals surface area contributed by atoms with Gasteiger partial charge in [0.2, 0.25) is 0 Å². The van der Waals surface area contributed by atoms with Gasteiger partial charge in [-0.3, -0.25) is 9.35 Å². The van der Waals surface area contributed by atoms with Gasteiger partial charge in [-0.15, -0.1) is 0 Å². The molecule has 0 fully saturated rings. The van der Waals surface area contributed by atoms with Crippen LogP contribution in [0.4, 0.5) is 0 Å². The summed E-state index contributed by atoms with van der Waals surface area (Å²) in [5, 5.41) is 9.22. The van der Waals surface area contributed by atoms with Gasteiger partial charge in [0.1, 0.15) is 0 Å². The summed E-state index contributed by atoms with van der Waals surface area (Å²) in [4.78, 5) is 10.3. The van der Waals surface area contributed by atoms with E-state index in [1.807, 2.05) is 0 Å². The van der Waals surface area contributed by atoms with Crippen LogP contribution in [0.2, 0.25) is 0 Å². The molecular formula is C5H11NO5S. The monoisotopic (exact) mass is 197 g/mol. The molecule has 0 amide bonds. The Labute approximate surface area is 70.3 Å². The number of nitrogens with one attached hydrogen (secondary N) is 1. The summed E-state index contributed by atoms with van der Waals surface area (Å²) in [6.07, 6.45) is -0.148. The molecule has 0 spiro atoms. The highest BCUT2D eigenvalue weighted by molar-refractivity contribution is 7.87. The van der Waals surface area contributed by atoms with E-state index >= 15 is 0 Å². The lowest BCUT2D eigenvalue weighted by atomic mass is 10.3. The molecule has 0 aromatic rings. The molecule has 1 atom stereocenters. The maximum Gasteiger partial charge on any atom is 0.324 e. The summed E-state index contributed by atoms with van der Waals surface area (Å²) in [5.41, 5.74) is 0. The first-order chi connectivity index (χ1) is 5.39. The number of rotatable bonds is 5. The van der Waals surface area contributed by atoms with Gasteiger partial charge >= 0.3 is 5.97 Å². The van der Waals surface area contributed by atoms with E-state index in [4.69, 9.17) is 9.66 Å². The first-order valence-corrected chi connectivity index (χ1v) is 4.73. The lowest BCUT2D eigenvalue weighted by molar-refractivity contribution is -0.136. The Balaban J connectivity index is 4.36. The first-order valence-electron chi connectivity index (χ1n) is 3.23. The zero-order valence-electron chi connectivity index (χ0n) is 6.52. The fourth-order valence-electron chi connectivity index (χ4n) is 0.675. The van der Waals surface area contributed by atoms with Crippen molar-refractivity contribution in [3.05, 3.63) is 0 Å². The van der Waals surface area contributed by atoms with Crippen LogP contribution in [0.3, 0.4) is 0 Å². The second-order valence-electron chi connectivity index (χ2n) is 2.23.